The van der Waals surface area contributed by atoms with Gasteiger partial charge in [-0.15, -0.1) is 10.2 Å². The van der Waals surface area contributed by atoms with Crippen LogP contribution in [0.15, 0.2) is 35.7 Å². The summed E-state index contributed by atoms with van der Waals surface area (Å²) in [4.78, 5) is 2.21. The zero-order chi connectivity index (χ0) is 16.3. The molecular formula is C14H21N5O2S. The Kier molecular flexibility index (Phi) is 4.82. The molecule has 8 heteroatoms. The number of anilines is 1. The van der Waals surface area contributed by atoms with Gasteiger partial charge in [0.25, 0.3) is 0 Å². The van der Waals surface area contributed by atoms with Gasteiger partial charge in [-0.05, 0) is 24.6 Å². The maximum absolute atomic E-state index is 12.6. The molecule has 0 aliphatic carbocycles. The first-order valence-electron chi connectivity index (χ1n) is 6.89. The Balaban J connectivity index is 2.20. The molecular weight excluding hydrogens is 302 g/mol. The van der Waals surface area contributed by atoms with E-state index in [4.69, 9.17) is 0 Å². The van der Waals surface area contributed by atoms with Gasteiger partial charge in [0.2, 0.25) is 10.0 Å². The third-order valence-corrected chi connectivity index (χ3v) is 5.36. The number of aromatic nitrogens is 3. The van der Waals surface area contributed by atoms with Crippen LogP contribution in [0, 0.1) is 6.92 Å². The molecule has 0 atom stereocenters. The molecule has 22 heavy (non-hydrogen) atoms. The van der Waals surface area contributed by atoms with E-state index >= 15 is 0 Å². The Labute approximate surface area is 131 Å². The summed E-state index contributed by atoms with van der Waals surface area (Å²) in [6, 6.07) is 5.18. The number of sulfonamides is 1. The maximum Gasteiger partial charge on any atom is 0.242 e. The third-order valence-electron chi connectivity index (χ3n) is 3.51. The van der Waals surface area contributed by atoms with Crippen molar-refractivity contribution >= 4 is 15.7 Å². The highest BCUT2D eigenvalue weighted by molar-refractivity contribution is 7.89. The molecule has 2 aromatic rings. The second-order valence-electron chi connectivity index (χ2n) is 5.37. The average Bonchev–Trinajstić information content (AvgIpc) is 2.97. The van der Waals surface area contributed by atoms with Gasteiger partial charge >= 0.3 is 0 Å². The summed E-state index contributed by atoms with van der Waals surface area (Å²) in [5.41, 5.74) is 1.93. The van der Waals surface area contributed by atoms with E-state index in [9.17, 15) is 8.42 Å². The summed E-state index contributed by atoms with van der Waals surface area (Å²) in [5, 5.41) is 7.40. The van der Waals surface area contributed by atoms with Crippen LogP contribution in [-0.2, 0) is 16.6 Å². The predicted molar refractivity (Wildman–Crippen MR) is 85.3 cm³/mol. The van der Waals surface area contributed by atoms with Crippen molar-refractivity contribution in [1.29, 1.82) is 0 Å². The molecule has 0 saturated carbocycles. The fourth-order valence-electron chi connectivity index (χ4n) is 2.13. The number of hydrogen-bond acceptors (Lipinski definition) is 5. The van der Waals surface area contributed by atoms with E-state index in [1.807, 2.05) is 32.0 Å². The second kappa shape index (κ2) is 6.45. The summed E-state index contributed by atoms with van der Waals surface area (Å²) in [6.45, 7) is 2.82. The van der Waals surface area contributed by atoms with E-state index in [-0.39, 0.29) is 0 Å². The van der Waals surface area contributed by atoms with E-state index in [1.165, 1.54) is 4.31 Å². The quantitative estimate of drug-likeness (QED) is 0.792. The normalized spacial score (nSPS) is 11.9. The van der Waals surface area contributed by atoms with Crippen molar-refractivity contribution in [3.8, 4) is 0 Å². The highest BCUT2D eigenvalue weighted by Gasteiger charge is 2.21. The number of nitrogens with zero attached hydrogens (tertiary/aromatic N) is 5. The van der Waals surface area contributed by atoms with Crippen molar-refractivity contribution in [2.24, 2.45) is 0 Å². The lowest BCUT2D eigenvalue weighted by atomic mass is 10.2. The first-order chi connectivity index (χ1) is 10.3. The molecule has 0 bridgehead atoms. The van der Waals surface area contributed by atoms with Gasteiger partial charge in [-0.2, -0.15) is 4.31 Å². The SMILES string of the molecule is Cc1ccc(S(=O)(=O)N(C)CCn2cnnc2)cc1N(C)C. The second-order valence-corrected chi connectivity index (χ2v) is 7.41. The largest absolute Gasteiger partial charge is 0.377 e. The molecule has 0 unspecified atom stereocenters. The fourth-order valence-corrected chi connectivity index (χ4v) is 3.31. The zero-order valence-electron chi connectivity index (χ0n) is 13.3. The van der Waals surface area contributed by atoms with Crippen LogP contribution in [0.2, 0.25) is 0 Å². The minimum Gasteiger partial charge on any atom is -0.377 e. The third kappa shape index (κ3) is 3.45. The van der Waals surface area contributed by atoms with Gasteiger partial charge < -0.3 is 9.47 Å². The number of aryl methyl sites for hydroxylation is 1. The van der Waals surface area contributed by atoms with Crippen LogP contribution < -0.4 is 4.90 Å². The first kappa shape index (κ1) is 16.4. The van der Waals surface area contributed by atoms with Crippen molar-refractivity contribution in [3.63, 3.8) is 0 Å². The minimum atomic E-state index is -3.51. The molecule has 7 nitrogen and oxygen atoms in total. The van der Waals surface area contributed by atoms with E-state index in [2.05, 4.69) is 10.2 Å². The summed E-state index contributed by atoms with van der Waals surface area (Å²) in [6.07, 6.45) is 3.13. The van der Waals surface area contributed by atoms with Gasteiger partial charge in [0.05, 0.1) is 4.90 Å². The molecule has 0 fully saturated rings. The van der Waals surface area contributed by atoms with E-state index < -0.39 is 10.0 Å². The Morgan fingerprint density at radius 1 is 1.14 bits per heavy atom. The lowest BCUT2D eigenvalue weighted by Crippen LogP contribution is -2.30. The molecule has 0 spiro atoms. The lowest BCUT2D eigenvalue weighted by molar-refractivity contribution is 0.445. The minimum absolute atomic E-state index is 0.299. The average molecular weight is 323 g/mol. The van der Waals surface area contributed by atoms with Gasteiger partial charge in [-0.3, -0.25) is 0 Å². The van der Waals surface area contributed by atoms with Crippen molar-refractivity contribution in [1.82, 2.24) is 19.1 Å². The first-order valence-corrected chi connectivity index (χ1v) is 8.33. The number of likely N-dealkylation sites (N-methyl/N-ethyl adjacent to an activating group) is 1. The summed E-state index contributed by atoms with van der Waals surface area (Å²) in [7, 11) is 1.86. The molecule has 120 valence electrons. The maximum atomic E-state index is 12.6. The highest BCUT2D eigenvalue weighted by Crippen LogP contribution is 2.24. The van der Waals surface area contributed by atoms with E-state index in [1.54, 1.807) is 36.4 Å². The van der Waals surface area contributed by atoms with E-state index in [0.29, 0.717) is 18.0 Å². The molecule has 0 aliphatic heterocycles. The van der Waals surface area contributed by atoms with Gasteiger partial charge in [-0.25, -0.2) is 8.42 Å². The van der Waals surface area contributed by atoms with Gasteiger partial charge in [0.1, 0.15) is 12.7 Å². The van der Waals surface area contributed by atoms with Crippen LogP contribution in [0.5, 0.6) is 0 Å². The molecule has 1 aromatic heterocycles. The molecule has 0 N–H and O–H groups in total. The Morgan fingerprint density at radius 3 is 2.36 bits per heavy atom. The number of rotatable bonds is 6. The van der Waals surface area contributed by atoms with Gasteiger partial charge in [0.15, 0.2) is 0 Å². The monoisotopic (exact) mass is 323 g/mol. The topological polar surface area (TPSA) is 71.3 Å². The van der Waals surface area contributed by atoms with E-state index in [0.717, 1.165) is 11.3 Å². The van der Waals surface area contributed by atoms with Crippen molar-refractivity contribution < 1.29 is 8.42 Å². The molecule has 0 amide bonds. The van der Waals surface area contributed by atoms with Crippen LogP contribution in [0.3, 0.4) is 0 Å². The van der Waals surface area contributed by atoms with Crippen molar-refractivity contribution in [2.45, 2.75) is 18.4 Å². The predicted octanol–water partition coefficient (Wildman–Crippen LogP) is 0.973. The fraction of sp³-hybridized carbons (Fsp3) is 0.429. The zero-order valence-corrected chi connectivity index (χ0v) is 14.1. The van der Waals surface area contributed by atoms with Crippen LogP contribution in [0.4, 0.5) is 5.69 Å². The summed E-state index contributed by atoms with van der Waals surface area (Å²) in [5.74, 6) is 0. The van der Waals surface area contributed by atoms with Crippen LogP contribution in [0.1, 0.15) is 5.56 Å². The molecule has 2 rings (SSSR count). The number of hydrogen-bond donors (Lipinski definition) is 0. The Morgan fingerprint density at radius 2 is 1.77 bits per heavy atom. The molecule has 1 aromatic carbocycles. The Bertz CT molecular complexity index is 726. The molecule has 0 aliphatic rings. The van der Waals surface area contributed by atoms with Crippen molar-refractivity contribution in [3.05, 3.63) is 36.4 Å². The van der Waals surface area contributed by atoms with Crippen molar-refractivity contribution in [2.75, 3.05) is 32.6 Å². The van der Waals surface area contributed by atoms with Gasteiger partial charge in [-0.1, -0.05) is 6.07 Å². The summed E-state index contributed by atoms with van der Waals surface area (Å²) >= 11 is 0. The smallest absolute Gasteiger partial charge is 0.242 e. The highest BCUT2D eigenvalue weighted by atomic mass is 32.2. The number of benzene rings is 1. The van der Waals surface area contributed by atoms with Crippen LogP contribution in [0.25, 0.3) is 0 Å². The van der Waals surface area contributed by atoms with Gasteiger partial charge in [0, 0.05) is 39.9 Å². The Hall–Kier alpha value is -1.93. The van der Waals surface area contributed by atoms with Crippen LogP contribution >= 0.6 is 0 Å². The molecule has 1 heterocycles. The lowest BCUT2D eigenvalue weighted by Gasteiger charge is -2.20. The molecule has 0 radical (unpaired) electrons. The summed E-state index contributed by atoms with van der Waals surface area (Å²) < 4.78 is 28.4. The molecule has 0 saturated heterocycles. The van der Waals surface area contributed by atoms with Crippen LogP contribution in [-0.4, -0.2) is 55.2 Å². The standard InChI is InChI=1S/C14H21N5O2S/c1-12-5-6-13(9-14(12)17(2)3)22(20,21)18(4)7-8-19-10-15-16-11-19/h5-6,9-11H,7-8H2,1-4H3.